The van der Waals surface area contributed by atoms with Crippen molar-refractivity contribution in [2.45, 2.75) is 38.6 Å². The van der Waals surface area contributed by atoms with Crippen molar-refractivity contribution in [3.05, 3.63) is 0 Å². The molecule has 0 spiro atoms. The molecule has 0 aromatic rings. The zero-order valence-corrected chi connectivity index (χ0v) is 8.94. The summed E-state index contributed by atoms with van der Waals surface area (Å²) in [5, 5.41) is 8.93. The number of amides is 1. The molecule has 0 aromatic heterocycles. The fraction of sp³-hybridized carbons (Fsp3) is 0.800. The van der Waals surface area contributed by atoms with Crippen LogP contribution in [0.15, 0.2) is 0 Å². The lowest BCUT2D eigenvalue weighted by Gasteiger charge is -2.31. The highest BCUT2D eigenvalue weighted by atomic mass is 16.6. The fourth-order valence-corrected chi connectivity index (χ4v) is 1.68. The van der Waals surface area contributed by atoms with Gasteiger partial charge in [0.25, 0.3) is 0 Å². The largest absolute Gasteiger partial charge is 0.480 e. The molecule has 5 heteroatoms. The van der Waals surface area contributed by atoms with E-state index >= 15 is 0 Å². The van der Waals surface area contributed by atoms with E-state index in [9.17, 15) is 9.59 Å². The third-order valence-electron chi connectivity index (χ3n) is 2.45. The number of carbonyl (C=O) groups is 2. The van der Waals surface area contributed by atoms with Crippen molar-refractivity contribution in [3.8, 4) is 0 Å². The first-order chi connectivity index (χ1) is 7.16. The Morgan fingerprint density at radius 2 is 2.20 bits per heavy atom. The molecule has 1 amide bonds. The first-order valence-electron chi connectivity index (χ1n) is 5.33. The van der Waals surface area contributed by atoms with E-state index in [0.717, 1.165) is 19.3 Å². The lowest BCUT2D eigenvalue weighted by atomic mass is 10.0. The first kappa shape index (κ1) is 11.8. The van der Waals surface area contributed by atoms with Crippen molar-refractivity contribution >= 4 is 12.1 Å². The molecule has 0 radical (unpaired) electrons. The Kier molecular flexibility index (Phi) is 4.39. The van der Waals surface area contributed by atoms with Crippen LogP contribution in [-0.2, 0) is 9.53 Å². The second kappa shape index (κ2) is 5.58. The molecule has 86 valence electrons. The zero-order chi connectivity index (χ0) is 11.3. The molecule has 1 unspecified atom stereocenters. The van der Waals surface area contributed by atoms with E-state index in [4.69, 9.17) is 9.84 Å². The Bertz CT molecular complexity index is 242. The molecule has 1 rings (SSSR count). The number of nitrogens with zero attached hydrogens (tertiary/aromatic N) is 1. The minimum Gasteiger partial charge on any atom is -0.480 e. The highest BCUT2D eigenvalue weighted by molar-refractivity contribution is 5.80. The molecular formula is C10H17NO4. The van der Waals surface area contributed by atoms with Crippen LogP contribution >= 0.6 is 0 Å². The van der Waals surface area contributed by atoms with Crippen LogP contribution < -0.4 is 0 Å². The normalized spacial score (nSPS) is 21.1. The summed E-state index contributed by atoms with van der Waals surface area (Å²) < 4.78 is 4.93. The number of likely N-dealkylation sites (tertiary alicyclic amines) is 1. The van der Waals surface area contributed by atoms with E-state index in [0.29, 0.717) is 19.6 Å². The van der Waals surface area contributed by atoms with Crippen molar-refractivity contribution in [1.29, 1.82) is 0 Å². The average molecular weight is 215 g/mol. The monoisotopic (exact) mass is 215 g/mol. The van der Waals surface area contributed by atoms with Crippen LogP contribution in [0.1, 0.15) is 32.6 Å². The molecule has 1 atom stereocenters. The summed E-state index contributed by atoms with van der Waals surface area (Å²) >= 11 is 0. The number of rotatable bonds is 3. The molecular weight excluding hydrogens is 198 g/mol. The highest BCUT2D eigenvalue weighted by Gasteiger charge is 2.32. The van der Waals surface area contributed by atoms with E-state index in [1.165, 1.54) is 4.90 Å². The minimum atomic E-state index is -0.942. The summed E-state index contributed by atoms with van der Waals surface area (Å²) in [7, 11) is 0. The summed E-state index contributed by atoms with van der Waals surface area (Å²) in [6, 6.07) is -0.705. The average Bonchev–Trinajstić information content (AvgIpc) is 2.25. The topological polar surface area (TPSA) is 66.8 Å². The van der Waals surface area contributed by atoms with Crippen molar-refractivity contribution < 1.29 is 19.4 Å². The SMILES string of the molecule is CCCOC(=O)N1CCCCC1C(=O)O. The van der Waals surface area contributed by atoms with E-state index < -0.39 is 18.1 Å². The van der Waals surface area contributed by atoms with Gasteiger partial charge in [0.1, 0.15) is 6.04 Å². The second-order valence-corrected chi connectivity index (χ2v) is 3.66. The predicted octanol–water partition coefficient (Wildman–Crippen LogP) is 1.47. The lowest BCUT2D eigenvalue weighted by molar-refractivity contribution is -0.143. The Morgan fingerprint density at radius 1 is 1.47 bits per heavy atom. The van der Waals surface area contributed by atoms with Gasteiger partial charge in [-0.25, -0.2) is 9.59 Å². The van der Waals surface area contributed by atoms with Crippen LogP contribution in [0.25, 0.3) is 0 Å². The number of aliphatic carboxylic acids is 1. The maximum Gasteiger partial charge on any atom is 0.410 e. The summed E-state index contributed by atoms with van der Waals surface area (Å²) in [5.74, 6) is -0.942. The molecule has 1 N–H and O–H groups in total. The molecule has 5 nitrogen and oxygen atoms in total. The van der Waals surface area contributed by atoms with Crippen LogP contribution in [0.2, 0.25) is 0 Å². The van der Waals surface area contributed by atoms with Gasteiger partial charge in [-0.15, -0.1) is 0 Å². The van der Waals surface area contributed by atoms with Crippen molar-refractivity contribution in [2.24, 2.45) is 0 Å². The van der Waals surface area contributed by atoms with Gasteiger partial charge < -0.3 is 9.84 Å². The molecule has 1 saturated heterocycles. The van der Waals surface area contributed by atoms with Gasteiger partial charge in [0, 0.05) is 6.54 Å². The van der Waals surface area contributed by atoms with Crippen LogP contribution in [-0.4, -0.2) is 41.3 Å². The van der Waals surface area contributed by atoms with Gasteiger partial charge in [-0.05, 0) is 25.7 Å². The van der Waals surface area contributed by atoms with Crippen LogP contribution in [0, 0.1) is 0 Å². The minimum absolute atomic E-state index is 0.349. The zero-order valence-electron chi connectivity index (χ0n) is 8.94. The third-order valence-corrected chi connectivity index (χ3v) is 2.45. The van der Waals surface area contributed by atoms with E-state index in [2.05, 4.69) is 0 Å². The molecule has 0 saturated carbocycles. The summed E-state index contributed by atoms with van der Waals surface area (Å²) in [4.78, 5) is 23.7. The molecule has 1 aliphatic rings. The number of hydrogen-bond acceptors (Lipinski definition) is 3. The van der Waals surface area contributed by atoms with Gasteiger partial charge in [0.2, 0.25) is 0 Å². The maximum absolute atomic E-state index is 11.5. The van der Waals surface area contributed by atoms with E-state index in [1.807, 2.05) is 6.92 Å². The molecule has 1 fully saturated rings. The summed E-state index contributed by atoms with van der Waals surface area (Å²) in [6.07, 6.45) is 2.48. The Labute approximate surface area is 89.0 Å². The highest BCUT2D eigenvalue weighted by Crippen LogP contribution is 2.18. The predicted molar refractivity (Wildman–Crippen MR) is 53.6 cm³/mol. The Morgan fingerprint density at radius 3 is 2.80 bits per heavy atom. The third kappa shape index (κ3) is 3.11. The van der Waals surface area contributed by atoms with Gasteiger partial charge >= 0.3 is 12.1 Å². The number of hydrogen-bond donors (Lipinski definition) is 1. The van der Waals surface area contributed by atoms with Crippen molar-refractivity contribution in [3.63, 3.8) is 0 Å². The fourth-order valence-electron chi connectivity index (χ4n) is 1.68. The van der Waals surface area contributed by atoms with Gasteiger partial charge in [0.15, 0.2) is 0 Å². The smallest absolute Gasteiger partial charge is 0.410 e. The second-order valence-electron chi connectivity index (χ2n) is 3.66. The van der Waals surface area contributed by atoms with E-state index in [1.54, 1.807) is 0 Å². The molecule has 15 heavy (non-hydrogen) atoms. The van der Waals surface area contributed by atoms with Gasteiger partial charge in [0.05, 0.1) is 6.61 Å². The van der Waals surface area contributed by atoms with Crippen molar-refractivity contribution in [1.82, 2.24) is 4.90 Å². The number of carbonyl (C=O) groups excluding carboxylic acids is 1. The van der Waals surface area contributed by atoms with Crippen LogP contribution in [0.4, 0.5) is 4.79 Å². The molecule has 0 aromatic carbocycles. The summed E-state index contributed by atoms with van der Waals surface area (Å²) in [6.45, 7) is 2.74. The van der Waals surface area contributed by atoms with E-state index in [-0.39, 0.29) is 0 Å². The molecule has 1 aliphatic heterocycles. The van der Waals surface area contributed by atoms with Crippen LogP contribution in [0.3, 0.4) is 0 Å². The number of carboxylic acid groups (broad SMARTS) is 1. The first-order valence-corrected chi connectivity index (χ1v) is 5.33. The van der Waals surface area contributed by atoms with Gasteiger partial charge in [-0.1, -0.05) is 6.92 Å². The standard InChI is InChI=1S/C10H17NO4/c1-2-7-15-10(14)11-6-4-3-5-8(11)9(12)13/h8H,2-7H2,1H3,(H,12,13). The maximum atomic E-state index is 11.5. The number of carboxylic acids is 1. The van der Waals surface area contributed by atoms with Crippen LogP contribution in [0.5, 0.6) is 0 Å². The Hall–Kier alpha value is -1.26. The van der Waals surface area contributed by atoms with Gasteiger partial charge in [-0.3, -0.25) is 4.90 Å². The number of piperidine rings is 1. The molecule has 1 heterocycles. The van der Waals surface area contributed by atoms with Gasteiger partial charge in [-0.2, -0.15) is 0 Å². The Balaban J connectivity index is 2.55. The lowest BCUT2D eigenvalue weighted by Crippen LogP contribution is -2.48. The number of ether oxygens (including phenoxy) is 1. The molecule has 0 bridgehead atoms. The quantitative estimate of drug-likeness (QED) is 0.774. The summed E-state index contributed by atoms with van der Waals surface area (Å²) in [5.41, 5.74) is 0. The van der Waals surface area contributed by atoms with Crippen molar-refractivity contribution in [2.75, 3.05) is 13.2 Å². The molecule has 0 aliphatic carbocycles.